The van der Waals surface area contributed by atoms with Crippen molar-refractivity contribution in [2.75, 3.05) is 0 Å². The fourth-order valence-electron chi connectivity index (χ4n) is 7.91. The summed E-state index contributed by atoms with van der Waals surface area (Å²) >= 11 is 0. The molecule has 58 heavy (non-hydrogen) atoms. The summed E-state index contributed by atoms with van der Waals surface area (Å²) < 4.78 is 6.25. The minimum absolute atomic E-state index is 0.0818. The highest BCUT2D eigenvalue weighted by Gasteiger charge is 2.23. The van der Waals surface area contributed by atoms with Crippen molar-refractivity contribution in [3.05, 3.63) is 133 Å². The summed E-state index contributed by atoms with van der Waals surface area (Å²) in [5, 5.41) is 4.80. The molecule has 4 nitrogen and oxygen atoms in total. The van der Waals surface area contributed by atoms with Gasteiger partial charge >= 0.3 is 0 Å². The van der Waals surface area contributed by atoms with Gasteiger partial charge in [-0.1, -0.05) is 131 Å². The van der Waals surface area contributed by atoms with Crippen LogP contribution in [0, 0.1) is 0 Å². The van der Waals surface area contributed by atoms with Gasteiger partial charge in [0, 0.05) is 27.5 Å². The third-order valence-corrected chi connectivity index (χ3v) is 11.0. The first-order chi connectivity index (χ1) is 28.2. The number of fused-ring (bicyclic) bond motifs is 5. The molecule has 2 heterocycles. The topological polar surface area (TPSA) is 51.8 Å². The minimum Gasteiger partial charge on any atom is -0.456 e. The Morgan fingerprint density at radius 1 is 0.345 bits per heavy atom. The Kier molecular flexibility index (Phi) is 8.60. The Hall–Kier alpha value is -6.46. The van der Waals surface area contributed by atoms with Crippen LogP contribution in [0.2, 0.25) is 0 Å². The van der Waals surface area contributed by atoms with Gasteiger partial charge in [0.15, 0.2) is 17.5 Å². The molecular formula is C47H22B7N3O. The molecule has 8 aromatic carbocycles. The first-order valence-electron chi connectivity index (χ1n) is 18.6. The molecule has 10 rings (SSSR count). The molecule has 0 N–H and O–H groups in total. The first-order valence-corrected chi connectivity index (χ1v) is 18.6. The van der Waals surface area contributed by atoms with Crippen molar-refractivity contribution in [2.24, 2.45) is 0 Å². The summed E-state index contributed by atoms with van der Waals surface area (Å²) in [5.74, 6) is 0.914. The maximum absolute atomic E-state index is 6.81. The molecular weight excluding hydrogens is 698 g/mol. The lowest BCUT2D eigenvalue weighted by molar-refractivity contribution is 0.669. The second-order valence-electron chi connectivity index (χ2n) is 14.3. The molecule has 0 bridgehead atoms. The Morgan fingerprint density at radius 2 is 0.897 bits per heavy atom. The van der Waals surface area contributed by atoms with Crippen molar-refractivity contribution in [3.63, 3.8) is 0 Å². The molecule has 0 aliphatic heterocycles. The van der Waals surface area contributed by atoms with Gasteiger partial charge in [0.05, 0.1) is 0 Å². The number of hydrogen-bond donors (Lipinski definition) is 0. The van der Waals surface area contributed by atoms with Gasteiger partial charge in [-0.05, 0) is 68.1 Å². The zero-order valence-corrected chi connectivity index (χ0v) is 31.0. The van der Waals surface area contributed by atoms with Crippen LogP contribution in [-0.4, -0.2) is 69.9 Å². The predicted octanol–water partition coefficient (Wildman–Crippen LogP) is 3.97. The van der Waals surface area contributed by atoms with Crippen molar-refractivity contribution >= 4 is 137 Å². The second-order valence-corrected chi connectivity index (χ2v) is 14.3. The molecule has 0 saturated heterocycles. The van der Waals surface area contributed by atoms with Gasteiger partial charge in [0.1, 0.15) is 66.1 Å². The van der Waals surface area contributed by atoms with E-state index in [0.29, 0.717) is 33.6 Å². The molecule has 14 radical (unpaired) electrons. The Bertz CT molecular complexity index is 3320. The van der Waals surface area contributed by atoms with Gasteiger partial charge in [-0.25, -0.2) is 15.0 Å². The summed E-state index contributed by atoms with van der Waals surface area (Å²) in [6.07, 6.45) is 0. The number of nitrogens with zero attached hydrogens (tertiary/aromatic N) is 3. The molecule has 0 aliphatic rings. The predicted molar refractivity (Wildman–Crippen MR) is 247 cm³/mol. The van der Waals surface area contributed by atoms with Crippen LogP contribution >= 0.6 is 0 Å². The highest BCUT2D eigenvalue weighted by atomic mass is 16.3. The largest absolute Gasteiger partial charge is 0.456 e. The quantitative estimate of drug-likeness (QED) is 0.253. The van der Waals surface area contributed by atoms with E-state index >= 15 is 0 Å². The van der Waals surface area contributed by atoms with E-state index in [1.165, 1.54) is 10.8 Å². The number of benzene rings is 8. The SMILES string of the molecule is [B]c1c([B])c([B])c2c(-c3nc(-c4cccc(-c5ccc(-c6ccc7ccccc7c6)cc5)c4)nc(-c4cccc5oc6ccccc6c45)n3)c([B])c([B])c([B])c2c1[B]. The van der Waals surface area contributed by atoms with E-state index in [2.05, 4.69) is 72.8 Å². The van der Waals surface area contributed by atoms with Gasteiger partial charge < -0.3 is 4.42 Å². The molecule has 10 aromatic rings. The number of rotatable bonds is 5. The fourth-order valence-corrected chi connectivity index (χ4v) is 7.91. The Morgan fingerprint density at radius 3 is 1.66 bits per heavy atom. The molecule has 0 amide bonds. The van der Waals surface area contributed by atoms with E-state index in [4.69, 9.17) is 74.3 Å². The van der Waals surface area contributed by atoms with Gasteiger partial charge in [-0.2, -0.15) is 0 Å². The monoisotopic (exact) mass is 721 g/mol. The fraction of sp³-hybridized carbons (Fsp3) is 0. The van der Waals surface area contributed by atoms with Crippen molar-refractivity contribution < 1.29 is 4.42 Å². The van der Waals surface area contributed by atoms with E-state index in [0.717, 1.165) is 49.7 Å². The third kappa shape index (κ3) is 5.75. The number of aromatic nitrogens is 3. The normalized spacial score (nSPS) is 11.6. The van der Waals surface area contributed by atoms with Crippen LogP contribution in [0.3, 0.4) is 0 Å². The molecule has 0 atom stereocenters. The molecule has 11 heteroatoms. The van der Waals surface area contributed by atoms with Gasteiger partial charge in [0.2, 0.25) is 0 Å². The summed E-state index contributed by atoms with van der Waals surface area (Å²) in [5.41, 5.74) is 8.13. The lowest BCUT2D eigenvalue weighted by atomic mass is 9.59. The standard InChI is InChI=1S/C47H22B7N3O/c48-38-35-36(40(50)44(54)43(38)53)39(49)42(52)41(51)37(35)47-56-45(55-46(57-47)31-12-6-14-33-34(31)30-11-3-4-13-32(30)58-33)29-10-5-9-27(22-29)24-15-17-25(18-16-24)28-20-19-23-7-1-2-8-26(23)21-28/h1-22H. The lowest BCUT2D eigenvalue weighted by Gasteiger charge is -2.25. The van der Waals surface area contributed by atoms with E-state index in [-0.39, 0.29) is 44.1 Å². The molecule has 0 spiro atoms. The Balaban J connectivity index is 1.18. The van der Waals surface area contributed by atoms with Gasteiger partial charge in [-0.3, -0.25) is 0 Å². The van der Waals surface area contributed by atoms with Crippen LogP contribution in [0.5, 0.6) is 0 Å². The van der Waals surface area contributed by atoms with E-state index in [9.17, 15) is 0 Å². The number of para-hydroxylation sites is 1. The second kappa shape index (κ2) is 13.9. The van der Waals surface area contributed by atoms with Crippen LogP contribution in [0.25, 0.3) is 99.9 Å². The average molecular weight is 720 g/mol. The zero-order valence-electron chi connectivity index (χ0n) is 31.0. The maximum atomic E-state index is 6.81. The van der Waals surface area contributed by atoms with Gasteiger partial charge in [-0.15, -0.1) is 16.4 Å². The van der Waals surface area contributed by atoms with Crippen LogP contribution in [-0.2, 0) is 0 Å². The molecule has 0 fully saturated rings. The highest BCUT2D eigenvalue weighted by Crippen LogP contribution is 2.37. The van der Waals surface area contributed by atoms with E-state index < -0.39 is 0 Å². The summed E-state index contributed by atoms with van der Waals surface area (Å²) in [6.45, 7) is 0. The van der Waals surface area contributed by atoms with E-state index in [1.807, 2.05) is 60.7 Å². The van der Waals surface area contributed by atoms with Gasteiger partial charge in [0.25, 0.3) is 0 Å². The maximum Gasteiger partial charge on any atom is 0.164 e. The van der Waals surface area contributed by atoms with Crippen LogP contribution in [0.1, 0.15) is 0 Å². The minimum atomic E-state index is 0.0818. The lowest BCUT2D eigenvalue weighted by Crippen LogP contribution is -2.52. The summed E-state index contributed by atoms with van der Waals surface area (Å²) in [6, 6.07) is 45.0. The molecule has 252 valence electrons. The molecule has 0 unspecified atom stereocenters. The highest BCUT2D eigenvalue weighted by molar-refractivity contribution is 6.71. The van der Waals surface area contributed by atoms with E-state index in [1.54, 1.807) is 0 Å². The van der Waals surface area contributed by atoms with Crippen molar-refractivity contribution in [3.8, 4) is 56.4 Å². The van der Waals surface area contributed by atoms with Crippen molar-refractivity contribution in [2.45, 2.75) is 0 Å². The van der Waals surface area contributed by atoms with Crippen LogP contribution in [0.4, 0.5) is 0 Å². The number of hydrogen-bond acceptors (Lipinski definition) is 4. The first kappa shape index (κ1) is 35.9. The summed E-state index contributed by atoms with van der Waals surface area (Å²) in [4.78, 5) is 15.2. The van der Waals surface area contributed by atoms with Crippen LogP contribution in [0.15, 0.2) is 138 Å². The average Bonchev–Trinajstić information content (AvgIpc) is 3.65. The Labute approximate surface area is 344 Å². The molecule has 0 saturated carbocycles. The van der Waals surface area contributed by atoms with Crippen LogP contribution < -0.4 is 38.2 Å². The van der Waals surface area contributed by atoms with Crippen molar-refractivity contribution in [1.82, 2.24) is 15.0 Å². The third-order valence-electron chi connectivity index (χ3n) is 11.0. The zero-order chi connectivity index (χ0) is 39.8. The smallest absolute Gasteiger partial charge is 0.164 e. The summed E-state index contributed by atoms with van der Waals surface area (Å²) in [7, 11) is 45.8. The van der Waals surface area contributed by atoms with Crippen molar-refractivity contribution in [1.29, 1.82) is 0 Å². The molecule has 2 aromatic heterocycles. The number of furan rings is 1. The molecule has 0 aliphatic carbocycles.